The molecule has 1 saturated heterocycles. The van der Waals surface area contributed by atoms with Gasteiger partial charge in [-0.25, -0.2) is 9.99 Å². The van der Waals surface area contributed by atoms with Gasteiger partial charge in [-0.3, -0.25) is 5.43 Å². The summed E-state index contributed by atoms with van der Waals surface area (Å²) in [5, 5.41) is 4.06. The van der Waals surface area contributed by atoms with E-state index >= 15 is 0 Å². The van der Waals surface area contributed by atoms with Gasteiger partial charge in [0.15, 0.2) is 5.13 Å². The fourth-order valence-corrected chi connectivity index (χ4v) is 3.84. The van der Waals surface area contributed by atoms with Gasteiger partial charge in [0.2, 0.25) is 0 Å². The molecule has 0 bridgehead atoms. The molecule has 1 fully saturated rings. The molecule has 1 aromatic heterocycles. The fraction of sp³-hybridized carbons (Fsp3) is 0.500. The van der Waals surface area contributed by atoms with Crippen LogP contribution in [-0.4, -0.2) is 22.1 Å². The molecule has 0 spiro atoms. The van der Waals surface area contributed by atoms with E-state index in [4.69, 9.17) is 11.6 Å². The van der Waals surface area contributed by atoms with Crippen LogP contribution >= 0.6 is 22.9 Å². The van der Waals surface area contributed by atoms with Gasteiger partial charge < -0.3 is 0 Å². The maximum absolute atomic E-state index is 6.01. The zero-order valence-corrected chi connectivity index (χ0v) is 12.8. The van der Waals surface area contributed by atoms with Crippen LogP contribution in [0, 0.1) is 0 Å². The number of hydrogen-bond acceptors (Lipinski definition) is 4. The van der Waals surface area contributed by atoms with Gasteiger partial charge >= 0.3 is 0 Å². The van der Waals surface area contributed by atoms with Gasteiger partial charge in [0.05, 0.1) is 10.2 Å². The van der Waals surface area contributed by atoms with E-state index in [0.29, 0.717) is 12.1 Å². The Labute approximate surface area is 122 Å². The molecule has 102 valence electrons. The van der Waals surface area contributed by atoms with Gasteiger partial charge in [0.1, 0.15) is 0 Å². The first-order valence-corrected chi connectivity index (χ1v) is 7.94. The normalized spacial score (nSPS) is 24.8. The Morgan fingerprint density at radius 1 is 1.32 bits per heavy atom. The van der Waals surface area contributed by atoms with Crippen molar-refractivity contribution in [2.45, 2.75) is 45.2 Å². The lowest BCUT2D eigenvalue weighted by atomic mass is 10.00. The molecule has 1 aliphatic heterocycles. The number of fused-ring (bicyclic) bond motifs is 1. The zero-order chi connectivity index (χ0) is 13.4. The highest BCUT2D eigenvalue weighted by Gasteiger charge is 2.25. The standard InChI is InChI=1S/C14H18ClN3S/c1-9-4-3-5-10(2)18(9)17-14-16-12-7-6-11(15)8-13(12)19-14/h6-10H,3-5H2,1-2H3,(H,16,17). The Hall–Kier alpha value is -0.840. The van der Waals surface area contributed by atoms with Crippen molar-refractivity contribution in [3.05, 3.63) is 23.2 Å². The van der Waals surface area contributed by atoms with Gasteiger partial charge in [-0.2, -0.15) is 0 Å². The molecule has 19 heavy (non-hydrogen) atoms. The van der Waals surface area contributed by atoms with Crippen LogP contribution in [0.3, 0.4) is 0 Å². The number of benzene rings is 1. The molecular weight excluding hydrogens is 278 g/mol. The molecule has 2 aromatic rings. The fourth-order valence-electron chi connectivity index (χ4n) is 2.70. The molecule has 3 nitrogen and oxygen atoms in total. The van der Waals surface area contributed by atoms with Crippen molar-refractivity contribution < 1.29 is 0 Å². The van der Waals surface area contributed by atoms with Gasteiger partial charge in [-0.15, -0.1) is 0 Å². The number of halogens is 1. The van der Waals surface area contributed by atoms with E-state index < -0.39 is 0 Å². The minimum absolute atomic E-state index is 0.555. The third-order valence-electron chi connectivity index (χ3n) is 3.77. The first-order valence-electron chi connectivity index (χ1n) is 6.74. The maximum Gasteiger partial charge on any atom is 0.198 e. The molecule has 5 heteroatoms. The lowest BCUT2D eigenvalue weighted by Crippen LogP contribution is -2.47. The molecular formula is C14H18ClN3S. The molecule has 3 rings (SSSR count). The second-order valence-electron chi connectivity index (χ2n) is 5.28. The summed E-state index contributed by atoms with van der Waals surface area (Å²) < 4.78 is 1.13. The third kappa shape index (κ3) is 2.71. The number of aromatic nitrogens is 1. The minimum atomic E-state index is 0.555. The van der Waals surface area contributed by atoms with E-state index in [2.05, 4.69) is 29.3 Å². The summed E-state index contributed by atoms with van der Waals surface area (Å²) in [5.41, 5.74) is 4.50. The van der Waals surface area contributed by atoms with Crippen molar-refractivity contribution in [2.75, 3.05) is 5.43 Å². The van der Waals surface area contributed by atoms with E-state index in [1.54, 1.807) is 11.3 Å². The summed E-state index contributed by atoms with van der Waals surface area (Å²) >= 11 is 7.68. The molecule has 0 radical (unpaired) electrons. The van der Waals surface area contributed by atoms with E-state index in [-0.39, 0.29) is 0 Å². The summed E-state index contributed by atoms with van der Waals surface area (Å²) in [6.45, 7) is 4.54. The summed E-state index contributed by atoms with van der Waals surface area (Å²) in [6.07, 6.45) is 3.80. The number of hydrazine groups is 1. The van der Waals surface area contributed by atoms with Crippen molar-refractivity contribution in [1.29, 1.82) is 0 Å². The monoisotopic (exact) mass is 295 g/mol. The number of nitrogens with zero attached hydrogens (tertiary/aromatic N) is 2. The largest absolute Gasteiger partial charge is 0.294 e. The van der Waals surface area contributed by atoms with E-state index in [1.807, 2.05) is 18.2 Å². The number of anilines is 1. The van der Waals surface area contributed by atoms with Crippen LogP contribution in [0.25, 0.3) is 10.2 Å². The first kappa shape index (κ1) is 13.2. The molecule has 0 amide bonds. The zero-order valence-electron chi connectivity index (χ0n) is 11.2. The number of rotatable bonds is 2. The van der Waals surface area contributed by atoms with Crippen LogP contribution in [-0.2, 0) is 0 Å². The average Bonchev–Trinajstić information content (AvgIpc) is 2.75. The summed E-state index contributed by atoms with van der Waals surface area (Å²) in [7, 11) is 0. The van der Waals surface area contributed by atoms with Crippen molar-refractivity contribution >= 4 is 38.3 Å². The van der Waals surface area contributed by atoms with Crippen LogP contribution < -0.4 is 5.43 Å². The van der Waals surface area contributed by atoms with Crippen molar-refractivity contribution in [1.82, 2.24) is 9.99 Å². The Bertz CT molecular complexity index is 573. The number of nitrogens with one attached hydrogen (secondary N) is 1. The molecule has 2 unspecified atom stereocenters. The Morgan fingerprint density at radius 3 is 2.79 bits per heavy atom. The Balaban J connectivity index is 1.84. The van der Waals surface area contributed by atoms with Crippen LogP contribution in [0.2, 0.25) is 5.02 Å². The highest BCUT2D eigenvalue weighted by atomic mass is 35.5. The van der Waals surface area contributed by atoms with E-state index in [1.165, 1.54) is 19.3 Å². The number of thiazole rings is 1. The van der Waals surface area contributed by atoms with Crippen LogP contribution in [0.4, 0.5) is 5.13 Å². The van der Waals surface area contributed by atoms with Gasteiger partial charge in [0.25, 0.3) is 0 Å². The minimum Gasteiger partial charge on any atom is -0.294 e. The quantitative estimate of drug-likeness (QED) is 0.881. The molecule has 0 saturated carbocycles. The molecule has 1 N–H and O–H groups in total. The predicted molar refractivity (Wildman–Crippen MR) is 82.9 cm³/mol. The number of piperidine rings is 1. The molecule has 0 aliphatic carbocycles. The van der Waals surface area contributed by atoms with Gasteiger partial charge in [-0.05, 0) is 44.9 Å². The lowest BCUT2D eigenvalue weighted by Gasteiger charge is -2.38. The maximum atomic E-state index is 6.01. The second-order valence-corrected chi connectivity index (χ2v) is 6.75. The first-order chi connectivity index (χ1) is 9.13. The lowest BCUT2D eigenvalue weighted by molar-refractivity contribution is 0.136. The third-order valence-corrected chi connectivity index (χ3v) is 4.93. The van der Waals surface area contributed by atoms with Crippen molar-refractivity contribution in [2.24, 2.45) is 0 Å². The smallest absolute Gasteiger partial charge is 0.198 e. The van der Waals surface area contributed by atoms with Crippen LogP contribution in [0.5, 0.6) is 0 Å². The molecule has 1 aliphatic rings. The van der Waals surface area contributed by atoms with Crippen LogP contribution in [0.1, 0.15) is 33.1 Å². The highest BCUT2D eigenvalue weighted by Crippen LogP contribution is 2.30. The molecule has 2 heterocycles. The Morgan fingerprint density at radius 2 is 2.05 bits per heavy atom. The summed E-state index contributed by atoms with van der Waals surface area (Å²) in [4.78, 5) is 4.62. The van der Waals surface area contributed by atoms with Crippen molar-refractivity contribution in [3.63, 3.8) is 0 Å². The SMILES string of the molecule is CC1CCCC(C)N1Nc1nc2ccc(Cl)cc2s1. The molecule has 1 aromatic carbocycles. The van der Waals surface area contributed by atoms with Crippen molar-refractivity contribution in [3.8, 4) is 0 Å². The summed E-state index contributed by atoms with van der Waals surface area (Å²) in [5.74, 6) is 0. The predicted octanol–water partition coefficient (Wildman–Crippen LogP) is 4.54. The molecule has 2 atom stereocenters. The number of hydrogen-bond donors (Lipinski definition) is 1. The highest BCUT2D eigenvalue weighted by molar-refractivity contribution is 7.22. The summed E-state index contributed by atoms with van der Waals surface area (Å²) in [6, 6.07) is 6.95. The van der Waals surface area contributed by atoms with E-state index in [9.17, 15) is 0 Å². The van der Waals surface area contributed by atoms with Crippen LogP contribution in [0.15, 0.2) is 18.2 Å². The Kier molecular flexibility index (Phi) is 3.65. The van der Waals surface area contributed by atoms with Gasteiger partial charge in [-0.1, -0.05) is 29.4 Å². The second kappa shape index (κ2) is 5.27. The van der Waals surface area contributed by atoms with E-state index in [0.717, 1.165) is 20.4 Å². The van der Waals surface area contributed by atoms with Gasteiger partial charge in [0, 0.05) is 17.1 Å². The topological polar surface area (TPSA) is 28.2 Å². The average molecular weight is 296 g/mol.